The number of fused-ring (bicyclic) bond motifs is 3. The number of rotatable bonds is 2. The van der Waals surface area contributed by atoms with Crippen molar-refractivity contribution in [1.82, 2.24) is 4.90 Å². The van der Waals surface area contributed by atoms with E-state index in [2.05, 4.69) is 0 Å². The number of carbonyl (C=O) groups is 2. The fraction of sp³-hybridized carbons (Fsp3) is 0.100. The predicted molar refractivity (Wildman–Crippen MR) is 92.9 cm³/mol. The summed E-state index contributed by atoms with van der Waals surface area (Å²) >= 11 is 0. The van der Waals surface area contributed by atoms with Gasteiger partial charge in [0.25, 0.3) is 5.91 Å². The number of halogens is 2. The van der Waals surface area contributed by atoms with Gasteiger partial charge >= 0.3 is 5.97 Å². The molecule has 1 aromatic heterocycles. The van der Waals surface area contributed by atoms with E-state index in [0.717, 1.165) is 23.6 Å². The van der Waals surface area contributed by atoms with Crippen LogP contribution in [0.1, 0.15) is 21.7 Å². The van der Waals surface area contributed by atoms with Crippen molar-refractivity contribution in [2.45, 2.75) is 6.42 Å². The van der Waals surface area contributed by atoms with Crippen molar-refractivity contribution in [2.75, 3.05) is 6.54 Å². The molecule has 1 aliphatic heterocycles. The molecule has 1 aliphatic rings. The highest BCUT2D eigenvalue weighted by molar-refractivity contribution is 6.16. The Hall–Kier alpha value is -3.48. The minimum atomic E-state index is -1.25. The Kier molecular flexibility index (Phi) is 3.99. The Balaban J connectivity index is 1.78. The molecule has 0 aliphatic carbocycles. The average molecular weight is 369 g/mol. The van der Waals surface area contributed by atoms with Crippen LogP contribution in [0.25, 0.3) is 16.5 Å². The van der Waals surface area contributed by atoms with E-state index in [0.29, 0.717) is 17.6 Å². The van der Waals surface area contributed by atoms with Crippen molar-refractivity contribution in [3.63, 3.8) is 0 Å². The molecule has 2 aromatic carbocycles. The molecular weight excluding hydrogens is 356 g/mol. The Labute approximate surface area is 152 Å². The van der Waals surface area contributed by atoms with E-state index in [1.165, 1.54) is 11.1 Å². The second-order valence-electron chi connectivity index (χ2n) is 6.13. The molecule has 0 radical (unpaired) electrons. The van der Waals surface area contributed by atoms with Crippen LogP contribution >= 0.6 is 0 Å². The van der Waals surface area contributed by atoms with E-state index >= 15 is 0 Å². The maximum absolute atomic E-state index is 13.5. The largest absolute Gasteiger partial charge is 0.477 e. The Bertz CT molecular complexity index is 1120. The molecule has 0 fully saturated rings. The molecule has 4 rings (SSSR count). The van der Waals surface area contributed by atoms with Crippen LogP contribution in [0.3, 0.4) is 0 Å². The van der Waals surface area contributed by atoms with Gasteiger partial charge in [0.05, 0.1) is 0 Å². The molecule has 0 bridgehead atoms. The first-order valence-electron chi connectivity index (χ1n) is 8.17. The van der Waals surface area contributed by atoms with Gasteiger partial charge in [0.15, 0.2) is 11.6 Å². The highest BCUT2D eigenvalue weighted by Gasteiger charge is 2.28. The topological polar surface area (TPSA) is 70.8 Å². The minimum absolute atomic E-state index is 0.0710. The lowest BCUT2D eigenvalue weighted by Crippen LogP contribution is -2.28. The third-order valence-electron chi connectivity index (χ3n) is 4.49. The number of nitrogens with zero attached hydrogens (tertiary/aromatic N) is 1. The molecule has 0 saturated heterocycles. The maximum atomic E-state index is 13.5. The minimum Gasteiger partial charge on any atom is -0.477 e. The molecule has 1 amide bonds. The number of furan rings is 1. The molecule has 0 unspecified atom stereocenters. The molecule has 2 heterocycles. The van der Waals surface area contributed by atoms with Gasteiger partial charge in [0, 0.05) is 29.3 Å². The van der Waals surface area contributed by atoms with Crippen molar-refractivity contribution < 1.29 is 27.9 Å². The number of aliphatic carboxylic acids is 1. The number of hydrogen-bond donors (Lipinski definition) is 1. The summed E-state index contributed by atoms with van der Waals surface area (Å²) in [5.74, 6) is -3.88. The highest BCUT2D eigenvalue weighted by Crippen LogP contribution is 2.33. The van der Waals surface area contributed by atoms with Crippen LogP contribution in [0, 0.1) is 11.6 Å². The number of carboxylic acid groups (broad SMARTS) is 1. The molecule has 27 heavy (non-hydrogen) atoms. The third kappa shape index (κ3) is 2.87. The van der Waals surface area contributed by atoms with Crippen molar-refractivity contribution >= 4 is 28.4 Å². The first kappa shape index (κ1) is 17.0. The van der Waals surface area contributed by atoms with E-state index in [9.17, 15) is 23.5 Å². The van der Waals surface area contributed by atoms with Crippen molar-refractivity contribution in [2.24, 2.45) is 0 Å². The quantitative estimate of drug-likeness (QED) is 0.745. The number of benzene rings is 2. The molecule has 136 valence electrons. The molecule has 0 atom stereocenters. The van der Waals surface area contributed by atoms with Crippen molar-refractivity contribution in [3.05, 3.63) is 77.2 Å². The van der Waals surface area contributed by atoms with E-state index in [-0.39, 0.29) is 23.4 Å². The van der Waals surface area contributed by atoms with E-state index in [1.54, 1.807) is 12.1 Å². The van der Waals surface area contributed by atoms with Gasteiger partial charge in [-0.25, -0.2) is 13.6 Å². The predicted octanol–water partition coefficient (Wildman–Crippen LogP) is 3.84. The van der Waals surface area contributed by atoms with Gasteiger partial charge in [0.1, 0.15) is 16.9 Å². The monoisotopic (exact) mass is 369 g/mol. The third-order valence-corrected chi connectivity index (χ3v) is 4.49. The summed E-state index contributed by atoms with van der Waals surface area (Å²) in [7, 11) is 0. The lowest BCUT2D eigenvalue weighted by Gasteiger charge is -2.17. The summed E-state index contributed by atoms with van der Waals surface area (Å²) in [6, 6.07) is 9.99. The molecule has 5 nitrogen and oxygen atoms in total. The smallest absolute Gasteiger partial charge is 0.341 e. The van der Waals surface area contributed by atoms with Crippen LogP contribution in [0.4, 0.5) is 8.78 Å². The zero-order valence-corrected chi connectivity index (χ0v) is 13.9. The van der Waals surface area contributed by atoms with Crippen LogP contribution in [0.5, 0.6) is 0 Å². The second-order valence-corrected chi connectivity index (χ2v) is 6.13. The number of carboxylic acids is 1. The van der Waals surface area contributed by atoms with Gasteiger partial charge in [-0.3, -0.25) is 4.79 Å². The van der Waals surface area contributed by atoms with Gasteiger partial charge in [-0.1, -0.05) is 18.2 Å². The molecule has 3 aromatic rings. The first-order chi connectivity index (χ1) is 13.0. The highest BCUT2D eigenvalue weighted by atomic mass is 19.2. The van der Waals surface area contributed by atoms with Crippen LogP contribution in [-0.2, 0) is 11.2 Å². The average Bonchev–Trinajstić information content (AvgIpc) is 2.90. The second kappa shape index (κ2) is 6.35. The van der Waals surface area contributed by atoms with Gasteiger partial charge in [-0.15, -0.1) is 0 Å². The summed E-state index contributed by atoms with van der Waals surface area (Å²) in [6.45, 7) is 0.172. The molecule has 0 saturated carbocycles. The first-order valence-corrected chi connectivity index (χ1v) is 8.17. The van der Waals surface area contributed by atoms with Crippen LogP contribution in [-0.4, -0.2) is 28.4 Å². The van der Waals surface area contributed by atoms with Crippen molar-refractivity contribution in [1.29, 1.82) is 0 Å². The summed E-state index contributed by atoms with van der Waals surface area (Å²) < 4.78 is 32.3. The van der Waals surface area contributed by atoms with Gasteiger partial charge in [0.2, 0.25) is 0 Å². The van der Waals surface area contributed by atoms with Crippen LogP contribution < -0.4 is 0 Å². The van der Waals surface area contributed by atoms with Gasteiger partial charge in [-0.2, -0.15) is 0 Å². The summed E-state index contributed by atoms with van der Waals surface area (Å²) in [6.07, 6.45) is 1.54. The zero-order chi connectivity index (χ0) is 19.1. The Morgan fingerprint density at radius 1 is 1.07 bits per heavy atom. The van der Waals surface area contributed by atoms with Crippen LogP contribution in [0.15, 0.2) is 53.1 Å². The standard InChI is InChI=1S/C20H13F2NO4/c21-15-6-5-11(9-16(15)22)19(24)23-8-7-13-12-3-1-2-4-17(12)27-18(13)14(10-23)20(25)26/h1-6,9-10H,7-8H2,(H,25,26). The molecular formula is C20H13F2NO4. The lowest BCUT2D eigenvalue weighted by molar-refractivity contribution is -0.130. The Morgan fingerprint density at radius 2 is 1.85 bits per heavy atom. The summed E-state index contributed by atoms with van der Waals surface area (Å²) in [5, 5.41) is 10.4. The number of para-hydroxylation sites is 1. The lowest BCUT2D eigenvalue weighted by atomic mass is 10.0. The number of carbonyl (C=O) groups excluding carboxylic acids is 1. The summed E-state index contributed by atoms with van der Waals surface area (Å²) in [5.41, 5.74) is 1.02. The molecule has 0 spiro atoms. The molecule has 7 heteroatoms. The van der Waals surface area contributed by atoms with Crippen LogP contribution in [0.2, 0.25) is 0 Å². The Morgan fingerprint density at radius 3 is 2.59 bits per heavy atom. The van der Waals surface area contributed by atoms with E-state index in [4.69, 9.17) is 4.42 Å². The zero-order valence-electron chi connectivity index (χ0n) is 13.9. The van der Waals surface area contributed by atoms with Crippen molar-refractivity contribution in [3.8, 4) is 0 Å². The normalized spacial score (nSPS) is 13.9. The summed E-state index contributed by atoms with van der Waals surface area (Å²) in [4.78, 5) is 25.6. The van der Waals surface area contributed by atoms with Gasteiger partial charge in [-0.05, 0) is 30.7 Å². The number of hydrogen-bond acceptors (Lipinski definition) is 3. The SMILES string of the molecule is O=C(O)C1=CN(C(=O)c2ccc(F)c(F)c2)CCc2c1oc1ccccc21. The molecule has 1 N–H and O–H groups in total. The maximum Gasteiger partial charge on any atom is 0.341 e. The van der Waals surface area contributed by atoms with Gasteiger partial charge < -0.3 is 14.4 Å². The fourth-order valence-corrected chi connectivity index (χ4v) is 3.18. The number of amides is 1. The van der Waals surface area contributed by atoms with E-state index in [1.807, 2.05) is 12.1 Å². The van der Waals surface area contributed by atoms with E-state index < -0.39 is 23.5 Å². The fourth-order valence-electron chi connectivity index (χ4n) is 3.18.